The Kier molecular flexibility index (Phi) is 2.74. The lowest BCUT2D eigenvalue weighted by atomic mass is 10.1. The zero-order valence-corrected chi connectivity index (χ0v) is 7.89. The smallest absolute Gasteiger partial charge is 0.232 e. The third-order valence-electron chi connectivity index (χ3n) is 1.75. The normalized spacial score (nSPS) is 11.0. The number of aromatic amines is 1. The van der Waals surface area contributed by atoms with Crippen molar-refractivity contribution in [3.63, 3.8) is 0 Å². The molecule has 1 aromatic rings. The van der Waals surface area contributed by atoms with E-state index in [1.807, 2.05) is 6.92 Å². The van der Waals surface area contributed by atoms with Crippen molar-refractivity contribution >= 4 is 0 Å². The Hall–Kier alpha value is -0.990. The van der Waals surface area contributed by atoms with E-state index < -0.39 is 0 Å². The third-order valence-corrected chi connectivity index (χ3v) is 1.75. The average Bonchev–Trinajstić information content (AvgIpc) is 2.31. The molecule has 1 rings (SSSR count). The van der Waals surface area contributed by atoms with Crippen LogP contribution < -0.4 is 0 Å². The van der Waals surface area contributed by atoms with Crippen LogP contribution in [0.15, 0.2) is 0 Å². The summed E-state index contributed by atoms with van der Waals surface area (Å²) >= 11 is 0. The first-order valence-corrected chi connectivity index (χ1v) is 4.40. The van der Waals surface area contributed by atoms with Gasteiger partial charge in [0.2, 0.25) is 5.88 Å². The number of aromatic nitrogens is 2. The molecule has 1 aromatic heterocycles. The number of rotatable bonds is 3. The van der Waals surface area contributed by atoms with Crippen LogP contribution in [0.1, 0.15) is 32.3 Å². The van der Waals surface area contributed by atoms with Gasteiger partial charge in [0.15, 0.2) is 0 Å². The zero-order valence-electron chi connectivity index (χ0n) is 7.89. The molecule has 0 amide bonds. The third kappa shape index (κ3) is 2.00. The van der Waals surface area contributed by atoms with E-state index in [1.165, 1.54) is 0 Å². The van der Waals surface area contributed by atoms with Gasteiger partial charge in [-0.05, 0) is 12.3 Å². The van der Waals surface area contributed by atoms with E-state index in [1.54, 1.807) is 0 Å². The molecule has 0 aliphatic rings. The molecule has 3 nitrogen and oxygen atoms in total. The summed E-state index contributed by atoms with van der Waals surface area (Å²) in [5, 5.41) is 9.37. The zero-order chi connectivity index (χ0) is 9.14. The largest absolute Gasteiger partial charge is 0.492 e. The SMILES string of the molecule is CCc1nc(O)c(CC(C)C)[nH]1. The summed E-state index contributed by atoms with van der Waals surface area (Å²) in [7, 11) is 0. The van der Waals surface area contributed by atoms with Gasteiger partial charge in [0.25, 0.3) is 0 Å². The number of H-pyrrole nitrogens is 1. The Bertz CT molecular complexity index is 253. The van der Waals surface area contributed by atoms with Crippen LogP contribution >= 0.6 is 0 Å². The number of nitrogens with one attached hydrogen (secondary N) is 1. The molecule has 68 valence electrons. The van der Waals surface area contributed by atoms with Crippen molar-refractivity contribution in [3.8, 4) is 5.88 Å². The van der Waals surface area contributed by atoms with Gasteiger partial charge in [0, 0.05) is 6.42 Å². The Balaban J connectivity index is 2.77. The first kappa shape index (κ1) is 9.10. The fourth-order valence-electron chi connectivity index (χ4n) is 1.17. The Morgan fingerprint density at radius 3 is 2.58 bits per heavy atom. The minimum Gasteiger partial charge on any atom is -0.492 e. The molecule has 0 saturated heterocycles. The van der Waals surface area contributed by atoms with E-state index in [-0.39, 0.29) is 5.88 Å². The van der Waals surface area contributed by atoms with Crippen molar-refractivity contribution < 1.29 is 5.11 Å². The first-order valence-electron chi connectivity index (χ1n) is 4.40. The maximum atomic E-state index is 9.37. The van der Waals surface area contributed by atoms with Gasteiger partial charge in [-0.15, -0.1) is 0 Å². The minimum atomic E-state index is 0.167. The molecule has 3 heteroatoms. The van der Waals surface area contributed by atoms with E-state index in [0.717, 1.165) is 24.4 Å². The molecule has 2 N–H and O–H groups in total. The monoisotopic (exact) mass is 168 g/mol. The van der Waals surface area contributed by atoms with Gasteiger partial charge in [-0.25, -0.2) is 0 Å². The quantitative estimate of drug-likeness (QED) is 0.724. The van der Waals surface area contributed by atoms with Crippen LogP contribution in [-0.4, -0.2) is 15.1 Å². The van der Waals surface area contributed by atoms with Gasteiger partial charge < -0.3 is 10.1 Å². The predicted molar refractivity (Wildman–Crippen MR) is 48.2 cm³/mol. The minimum absolute atomic E-state index is 0.167. The number of nitrogens with zero attached hydrogens (tertiary/aromatic N) is 1. The first-order chi connectivity index (χ1) is 5.63. The van der Waals surface area contributed by atoms with E-state index in [0.29, 0.717) is 5.92 Å². The van der Waals surface area contributed by atoms with Crippen LogP contribution in [0.4, 0.5) is 0 Å². The van der Waals surface area contributed by atoms with Gasteiger partial charge in [-0.3, -0.25) is 0 Å². The maximum Gasteiger partial charge on any atom is 0.232 e. The van der Waals surface area contributed by atoms with Crippen LogP contribution in [-0.2, 0) is 12.8 Å². The number of hydrogen-bond acceptors (Lipinski definition) is 2. The molecule has 0 radical (unpaired) electrons. The predicted octanol–water partition coefficient (Wildman–Crippen LogP) is 1.88. The van der Waals surface area contributed by atoms with Crippen molar-refractivity contribution in [3.05, 3.63) is 11.5 Å². The van der Waals surface area contributed by atoms with Crippen molar-refractivity contribution in [2.24, 2.45) is 5.92 Å². The van der Waals surface area contributed by atoms with Gasteiger partial charge in [-0.2, -0.15) is 4.98 Å². The molecule has 0 fully saturated rings. The summed E-state index contributed by atoms with van der Waals surface area (Å²) in [5.41, 5.74) is 0.863. The number of aromatic hydroxyl groups is 1. The van der Waals surface area contributed by atoms with Crippen LogP contribution in [0.3, 0.4) is 0 Å². The molecular weight excluding hydrogens is 152 g/mol. The summed E-state index contributed by atoms with van der Waals surface area (Å²) in [6.07, 6.45) is 1.70. The van der Waals surface area contributed by atoms with Crippen molar-refractivity contribution in [2.45, 2.75) is 33.6 Å². The second-order valence-corrected chi connectivity index (χ2v) is 3.44. The molecule has 0 unspecified atom stereocenters. The highest BCUT2D eigenvalue weighted by Gasteiger charge is 2.08. The van der Waals surface area contributed by atoms with Gasteiger partial charge in [-0.1, -0.05) is 20.8 Å². The van der Waals surface area contributed by atoms with Crippen molar-refractivity contribution in [1.82, 2.24) is 9.97 Å². The van der Waals surface area contributed by atoms with Crippen LogP contribution in [0.2, 0.25) is 0 Å². The molecule has 0 aliphatic heterocycles. The molecule has 0 aromatic carbocycles. The topological polar surface area (TPSA) is 48.9 Å². The standard InChI is InChI=1S/C9H16N2O/c1-4-8-10-7(5-6(2)3)9(12)11-8/h6,12H,4-5H2,1-3H3,(H,10,11). The van der Waals surface area contributed by atoms with E-state index in [9.17, 15) is 5.11 Å². The number of hydrogen-bond donors (Lipinski definition) is 2. The van der Waals surface area contributed by atoms with Crippen molar-refractivity contribution in [1.29, 1.82) is 0 Å². The second-order valence-electron chi connectivity index (χ2n) is 3.44. The lowest BCUT2D eigenvalue weighted by molar-refractivity contribution is 0.443. The molecule has 1 heterocycles. The molecule has 0 spiro atoms. The van der Waals surface area contributed by atoms with E-state index in [4.69, 9.17) is 0 Å². The van der Waals surface area contributed by atoms with Crippen molar-refractivity contribution in [2.75, 3.05) is 0 Å². The van der Waals surface area contributed by atoms with Gasteiger partial charge in [0.1, 0.15) is 5.82 Å². The van der Waals surface area contributed by atoms with E-state index in [2.05, 4.69) is 23.8 Å². The van der Waals surface area contributed by atoms with Crippen LogP contribution in [0, 0.1) is 5.92 Å². The van der Waals surface area contributed by atoms with Crippen LogP contribution in [0.5, 0.6) is 5.88 Å². The number of imidazole rings is 1. The lowest BCUT2D eigenvalue weighted by Crippen LogP contribution is -1.94. The van der Waals surface area contributed by atoms with Gasteiger partial charge in [0.05, 0.1) is 5.69 Å². The van der Waals surface area contributed by atoms with Crippen LogP contribution in [0.25, 0.3) is 0 Å². The fourth-order valence-corrected chi connectivity index (χ4v) is 1.17. The molecule has 0 atom stereocenters. The van der Waals surface area contributed by atoms with E-state index >= 15 is 0 Å². The Morgan fingerprint density at radius 2 is 2.17 bits per heavy atom. The molecule has 0 bridgehead atoms. The second kappa shape index (κ2) is 3.61. The highest BCUT2D eigenvalue weighted by Crippen LogP contribution is 2.17. The summed E-state index contributed by atoms with van der Waals surface area (Å²) in [4.78, 5) is 7.08. The summed E-state index contributed by atoms with van der Waals surface area (Å²) < 4.78 is 0. The molecule has 12 heavy (non-hydrogen) atoms. The average molecular weight is 168 g/mol. The summed E-state index contributed by atoms with van der Waals surface area (Å²) in [6.45, 7) is 6.25. The number of aryl methyl sites for hydroxylation is 1. The molecule has 0 aliphatic carbocycles. The summed E-state index contributed by atoms with van der Waals surface area (Å²) in [5.74, 6) is 1.57. The summed E-state index contributed by atoms with van der Waals surface area (Å²) in [6, 6.07) is 0. The Morgan fingerprint density at radius 1 is 1.50 bits per heavy atom. The molecular formula is C9H16N2O. The molecule has 0 saturated carbocycles. The maximum absolute atomic E-state index is 9.37. The fraction of sp³-hybridized carbons (Fsp3) is 0.667. The van der Waals surface area contributed by atoms with Gasteiger partial charge >= 0.3 is 0 Å². The highest BCUT2D eigenvalue weighted by molar-refractivity contribution is 5.19. The lowest BCUT2D eigenvalue weighted by Gasteiger charge is -2.00. The highest BCUT2D eigenvalue weighted by atomic mass is 16.3. The Labute approximate surface area is 72.8 Å².